The van der Waals surface area contributed by atoms with E-state index >= 15 is 0 Å². The average Bonchev–Trinajstić information content (AvgIpc) is 2.50. The summed E-state index contributed by atoms with van der Waals surface area (Å²) >= 11 is 0. The molecule has 0 aromatic rings. The van der Waals surface area contributed by atoms with Gasteiger partial charge in [-0.15, -0.1) is 0 Å². The molecule has 4 heteroatoms. The maximum absolute atomic E-state index is 11.2. The lowest BCUT2D eigenvalue weighted by molar-refractivity contribution is -0.146. The molecule has 0 aromatic heterocycles. The van der Waals surface area contributed by atoms with Crippen LogP contribution in [0.4, 0.5) is 0 Å². The van der Waals surface area contributed by atoms with Crippen molar-refractivity contribution in [3.8, 4) is 0 Å². The van der Waals surface area contributed by atoms with Gasteiger partial charge in [0.15, 0.2) is 0 Å². The third-order valence-corrected chi connectivity index (χ3v) is 2.69. The van der Waals surface area contributed by atoms with E-state index in [1.165, 1.54) is 19.4 Å². The summed E-state index contributed by atoms with van der Waals surface area (Å²) in [5, 5.41) is 3.15. The Kier molecular flexibility index (Phi) is 5.05. The summed E-state index contributed by atoms with van der Waals surface area (Å²) in [6, 6.07) is 0.580. The molecule has 0 bridgehead atoms. The van der Waals surface area contributed by atoms with Crippen molar-refractivity contribution in [1.29, 1.82) is 0 Å². The molecular weight excluding hydrogens is 192 g/mol. The van der Waals surface area contributed by atoms with Crippen molar-refractivity contribution in [2.75, 3.05) is 26.7 Å². The van der Waals surface area contributed by atoms with Gasteiger partial charge >= 0.3 is 5.97 Å². The fourth-order valence-electron chi connectivity index (χ4n) is 1.88. The number of carbonyl (C=O) groups excluding carboxylic acids is 1. The van der Waals surface area contributed by atoms with Crippen LogP contribution in [0.25, 0.3) is 0 Å². The van der Waals surface area contributed by atoms with Crippen LogP contribution < -0.4 is 5.32 Å². The lowest BCUT2D eigenvalue weighted by Gasteiger charge is -2.19. The molecule has 0 saturated carbocycles. The molecule has 4 nitrogen and oxygen atoms in total. The number of rotatable bonds is 5. The van der Waals surface area contributed by atoms with E-state index in [1.807, 2.05) is 13.8 Å². The molecule has 1 unspecified atom stereocenters. The number of hydrogen-bond acceptors (Lipinski definition) is 4. The summed E-state index contributed by atoms with van der Waals surface area (Å²) in [7, 11) is 2.13. The quantitative estimate of drug-likeness (QED) is 0.681. The van der Waals surface area contributed by atoms with Crippen molar-refractivity contribution in [2.24, 2.45) is 0 Å². The molecule has 1 heterocycles. The van der Waals surface area contributed by atoms with Crippen molar-refractivity contribution < 1.29 is 9.53 Å². The van der Waals surface area contributed by atoms with Crippen LogP contribution >= 0.6 is 0 Å². The summed E-state index contributed by atoms with van der Waals surface area (Å²) in [5.74, 6) is -0.161. The normalized spacial score (nSPS) is 22.3. The number of carbonyl (C=O) groups is 1. The van der Waals surface area contributed by atoms with Crippen LogP contribution in [-0.2, 0) is 9.53 Å². The van der Waals surface area contributed by atoms with E-state index in [9.17, 15) is 4.79 Å². The largest absolute Gasteiger partial charge is 0.462 e. The second-order valence-corrected chi connectivity index (χ2v) is 4.45. The molecule has 1 N–H and O–H groups in total. The van der Waals surface area contributed by atoms with Crippen molar-refractivity contribution >= 4 is 5.97 Å². The zero-order valence-electron chi connectivity index (χ0n) is 9.95. The van der Waals surface area contributed by atoms with E-state index in [1.54, 1.807) is 0 Å². The van der Waals surface area contributed by atoms with Crippen LogP contribution in [0.3, 0.4) is 0 Å². The van der Waals surface area contributed by atoms with Crippen LogP contribution in [0.5, 0.6) is 0 Å². The van der Waals surface area contributed by atoms with Crippen LogP contribution in [0, 0.1) is 0 Å². The minimum atomic E-state index is -0.161. The fourth-order valence-corrected chi connectivity index (χ4v) is 1.88. The topological polar surface area (TPSA) is 41.6 Å². The number of likely N-dealkylation sites (tertiary alicyclic amines) is 1. The predicted octanol–water partition coefficient (Wildman–Crippen LogP) is 0.622. The van der Waals surface area contributed by atoms with Crippen LogP contribution in [0.2, 0.25) is 0 Å². The minimum absolute atomic E-state index is 0.0199. The Bertz CT molecular complexity index is 207. The maximum Gasteiger partial charge on any atom is 0.320 e. The lowest BCUT2D eigenvalue weighted by Crippen LogP contribution is -2.38. The van der Waals surface area contributed by atoms with Crippen molar-refractivity contribution in [3.63, 3.8) is 0 Å². The van der Waals surface area contributed by atoms with Gasteiger partial charge in [-0.05, 0) is 40.3 Å². The number of hydrogen-bond donors (Lipinski definition) is 1. The van der Waals surface area contributed by atoms with Gasteiger partial charge in [0, 0.05) is 12.6 Å². The third kappa shape index (κ3) is 4.62. The first-order valence-electron chi connectivity index (χ1n) is 5.70. The highest BCUT2D eigenvalue weighted by Crippen LogP contribution is 2.13. The maximum atomic E-state index is 11.2. The highest BCUT2D eigenvalue weighted by Gasteiger charge is 2.20. The first kappa shape index (κ1) is 12.5. The van der Waals surface area contributed by atoms with Gasteiger partial charge in [0.1, 0.15) is 0 Å². The van der Waals surface area contributed by atoms with Gasteiger partial charge in [-0.2, -0.15) is 0 Å². The van der Waals surface area contributed by atoms with Crippen molar-refractivity contribution in [3.05, 3.63) is 0 Å². The highest BCUT2D eigenvalue weighted by atomic mass is 16.5. The van der Waals surface area contributed by atoms with E-state index in [0.717, 1.165) is 6.54 Å². The SMILES string of the molecule is CC(C)OC(=O)CNCC1CCCN1C. The fraction of sp³-hybridized carbons (Fsp3) is 0.909. The van der Waals surface area contributed by atoms with Crippen LogP contribution in [0.1, 0.15) is 26.7 Å². The number of likely N-dealkylation sites (N-methyl/N-ethyl adjacent to an activating group) is 1. The first-order valence-corrected chi connectivity index (χ1v) is 5.70. The van der Waals surface area contributed by atoms with Crippen LogP contribution in [-0.4, -0.2) is 49.7 Å². The standard InChI is InChI=1S/C11H22N2O2/c1-9(2)15-11(14)8-12-7-10-5-4-6-13(10)3/h9-10,12H,4-8H2,1-3H3. The molecule has 0 radical (unpaired) electrons. The third-order valence-electron chi connectivity index (χ3n) is 2.69. The zero-order chi connectivity index (χ0) is 11.3. The van der Waals surface area contributed by atoms with E-state index in [2.05, 4.69) is 17.3 Å². The Morgan fingerprint density at radius 3 is 2.87 bits per heavy atom. The molecule has 0 spiro atoms. The second-order valence-electron chi connectivity index (χ2n) is 4.45. The smallest absolute Gasteiger partial charge is 0.320 e. The molecule has 0 amide bonds. The average molecular weight is 214 g/mol. The summed E-state index contributed by atoms with van der Waals surface area (Å²) in [5.41, 5.74) is 0. The number of esters is 1. The molecule has 1 aliphatic rings. The van der Waals surface area contributed by atoms with Gasteiger partial charge in [0.2, 0.25) is 0 Å². The Labute approximate surface area is 92.0 Å². The summed E-state index contributed by atoms with van der Waals surface area (Å²) in [4.78, 5) is 13.5. The highest BCUT2D eigenvalue weighted by molar-refractivity contribution is 5.71. The second kappa shape index (κ2) is 6.08. The molecule has 0 aromatic carbocycles. The first-order chi connectivity index (χ1) is 7.09. The molecule has 1 saturated heterocycles. The van der Waals surface area contributed by atoms with Gasteiger partial charge in [-0.1, -0.05) is 0 Å². The van der Waals surface area contributed by atoms with Gasteiger partial charge in [0.05, 0.1) is 12.6 Å². The molecule has 88 valence electrons. The van der Waals surface area contributed by atoms with Gasteiger partial charge in [-0.3, -0.25) is 4.79 Å². The predicted molar refractivity (Wildman–Crippen MR) is 59.7 cm³/mol. The Morgan fingerprint density at radius 1 is 1.60 bits per heavy atom. The monoisotopic (exact) mass is 214 g/mol. The Morgan fingerprint density at radius 2 is 2.33 bits per heavy atom. The zero-order valence-corrected chi connectivity index (χ0v) is 9.95. The molecule has 1 fully saturated rings. The van der Waals surface area contributed by atoms with Gasteiger partial charge in [-0.25, -0.2) is 0 Å². The number of nitrogens with zero attached hydrogens (tertiary/aromatic N) is 1. The lowest BCUT2D eigenvalue weighted by atomic mass is 10.2. The van der Waals surface area contributed by atoms with E-state index in [-0.39, 0.29) is 12.1 Å². The summed E-state index contributed by atoms with van der Waals surface area (Å²) in [6.07, 6.45) is 2.47. The molecule has 0 aliphatic carbocycles. The van der Waals surface area contributed by atoms with Gasteiger partial charge < -0.3 is 15.0 Å². The molecule has 1 atom stereocenters. The van der Waals surface area contributed by atoms with Gasteiger partial charge in [0.25, 0.3) is 0 Å². The van der Waals surface area contributed by atoms with Crippen molar-refractivity contribution in [2.45, 2.75) is 38.8 Å². The van der Waals surface area contributed by atoms with E-state index < -0.39 is 0 Å². The Hall–Kier alpha value is -0.610. The molecular formula is C11H22N2O2. The van der Waals surface area contributed by atoms with E-state index in [0.29, 0.717) is 12.6 Å². The van der Waals surface area contributed by atoms with Crippen LogP contribution in [0.15, 0.2) is 0 Å². The van der Waals surface area contributed by atoms with E-state index in [4.69, 9.17) is 4.74 Å². The molecule has 1 aliphatic heterocycles. The summed E-state index contributed by atoms with van der Waals surface area (Å²) in [6.45, 7) is 6.10. The number of ether oxygens (including phenoxy) is 1. The summed E-state index contributed by atoms with van der Waals surface area (Å²) < 4.78 is 5.03. The number of nitrogens with one attached hydrogen (secondary N) is 1. The molecule has 15 heavy (non-hydrogen) atoms. The van der Waals surface area contributed by atoms with Crippen molar-refractivity contribution in [1.82, 2.24) is 10.2 Å². The molecule has 1 rings (SSSR count). The minimum Gasteiger partial charge on any atom is -0.462 e. The Balaban J connectivity index is 2.08.